The number of carbonyl (C=O) groups is 2. The molecule has 0 spiro atoms. The second kappa shape index (κ2) is 12.8. The summed E-state index contributed by atoms with van der Waals surface area (Å²) in [6, 6.07) is 15.3. The lowest BCUT2D eigenvalue weighted by Crippen LogP contribution is -2.47. The summed E-state index contributed by atoms with van der Waals surface area (Å²) in [5, 5.41) is 15.1. The molecule has 10 nitrogen and oxygen atoms in total. The number of aromatic amines is 1. The van der Waals surface area contributed by atoms with Gasteiger partial charge in [-0.2, -0.15) is 10.4 Å². The second-order valence-electron chi connectivity index (χ2n) is 6.91. The Bertz CT molecular complexity index is 1160. The van der Waals surface area contributed by atoms with Gasteiger partial charge in [0.2, 0.25) is 0 Å². The Hall–Kier alpha value is -4.17. The number of imidazole rings is 1. The molecule has 0 radical (unpaired) electrons. The van der Waals surface area contributed by atoms with Gasteiger partial charge in [-0.25, -0.2) is 15.2 Å². The molecule has 34 heavy (non-hydrogen) atoms. The number of ether oxygens (including phenoxy) is 2. The Morgan fingerprint density at radius 2 is 2.09 bits per heavy atom. The Labute approximate surface area is 204 Å². The normalized spacial score (nSPS) is 11.4. The molecule has 0 fully saturated rings. The van der Waals surface area contributed by atoms with Gasteiger partial charge < -0.3 is 19.8 Å². The van der Waals surface area contributed by atoms with E-state index in [2.05, 4.69) is 41.7 Å². The van der Waals surface area contributed by atoms with E-state index in [0.29, 0.717) is 21.5 Å². The van der Waals surface area contributed by atoms with Crippen molar-refractivity contribution in [1.29, 1.82) is 5.26 Å². The van der Waals surface area contributed by atoms with E-state index in [9.17, 15) is 9.59 Å². The SMILES string of the molecule is N#CCOc1ccc(/C=N\NC(=O)[C@H](Cc2cnc[nH]2)NC(=O)OCc2ccccc2)cc1Br. The average Bonchev–Trinajstić information content (AvgIpc) is 3.35. The molecule has 0 saturated carbocycles. The third-order valence-electron chi connectivity index (χ3n) is 4.44. The molecule has 0 unspecified atom stereocenters. The van der Waals surface area contributed by atoms with Crippen LogP contribution < -0.4 is 15.5 Å². The fourth-order valence-electron chi connectivity index (χ4n) is 2.81. The van der Waals surface area contributed by atoms with Crippen LogP contribution in [-0.4, -0.2) is 40.8 Å². The number of halogens is 1. The van der Waals surface area contributed by atoms with Gasteiger partial charge in [-0.05, 0) is 45.3 Å². The molecule has 0 aliphatic heterocycles. The quantitative estimate of drug-likeness (QED) is 0.275. The van der Waals surface area contributed by atoms with Crippen molar-refractivity contribution in [1.82, 2.24) is 20.7 Å². The van der Waals surface area contributed by atoms with E-state index in [1.54, 1.807) is 24.4 Å². The first-order chi connectivity index (χ1) is 16.5. The number of hydrazone groups is 1. The zero-order valence-corrected chi connectivity index (χ0v) is 19.5. The highest BCUT2D eigenvalue weighted by Gasteiger charge is 2.22. The maximum Gasteiger partial charge on any atom is 0.408 e. The molecule has 0 aliphatic carbocycles. The number of H-pyrrole nitrogens is 1. The highest BCUT2D eigenvalue weighted by molar-refractivity contribution is 9.10. The molecule has 2 aromatic carbocycles. The predicted octanol–water partition coefficient (Wildman–Crippen LogP) is 3.06. The summed E-state index contributed by atoms with van der Waals surface area (Å²) in [4.78, 5) is 31.8. The largest absolute Gasteiger partial charge is 0.478 e. The third kappa shape index (κ3) is 7.75. The summed E-state index contributed by atoms with van der Waals surface area (Å²) in [6.07, 6.45) is 3.92. The highest BCUT2D eigenvalue weighted by Crippen LogP contribution is 2.25. The molecule has 11 heteroatoms. The van der Waals surface area contributed by atoms with E-state index >= 15 is 0 Å². The molecule has 2 amide bonds. The van der Waals surface area contributed by atoms with Crippen molar-refractivity contribution in [2.24, 2.45) is 5.10 Å². The minimum atomic E-state index is -0.950. The van der Waals surface area contributed by atoms with Gasteiger partial charge in [0.25, 0.3) is 5.91 Å². The number of hydrogen-bond donors (Lipinski definition) is 3. The summed E-state index contributed by atoms with van der Waals surface area (Å²) < 4.78 is 11.1. The van der Waals surface area contributed by atoms with E-state index in [-0.39, 0.29) is 19.6 Å². The van der Waals surface area contributed by atoms with E-state index in [0.717, 1.165) is 5.56 Å². The van der Waals surface area contributed by atoms with Gasteiger partial charge in [0, 0.05) is 18.3 Å². The smallest absolute Gasteiger partial charge is 0.408 e. The van der Waals surface area contributed by atoms with E-state index in [4.69, 9.17) is 14.7 Å². The lowest BCUT2D eigenvalue weighted by molar-refractivity contribution is -0.123. The monoisotopic (exact) mass is 524 g/mol. The summed E-state index contributed by atoms with van der Waals surface area (Å²) >= 11 is 3.36. The zero-order valence-electron chi connectivity index (χ0n) is 17.9. The standard InChI is InChI=1S/C23H21BrN6O4/c24-19-10-17(6-7-21(19)33-9-8-25)12-28-30-22(31)20(11-18-13-26-15-27-18)29-23(32)34-14-16-4-2-1-3-5-16/h1-7,10,12-13,15,20H,9,11,14H2,(H,26,27)(H,29,32)(H,30,31)/b28-12-/t20-/m0/s1. The van der Waals surface area contributed by atoms with E-state index < -0.39 is 18.0 Å². The average molecular weight is 525 g/mol. The number of hydrogen-bond acceptors (Lipinski definition) is 7. The van der Waals surface area contributed by atoms with Gasteiger partial charge in [0.15, 0.2) is 6.61 Å². The van der Waals surface area contributed by atoms with Crippen LogP contribution in [0.4, 0.5) is 4.79 Å². The number of rotatable bonds is 10. The molecular formula is C23H21BrN6O4. The van der Waals surface area contributed by atoms with Gasteiger partial charge in [0.05, 0.1) is 17.0 Å². The molecule has 3 aromatic rings. The van der Waals surface area contributed by atoms with E-state index in [1.807, 2.05) is 36.4 Å². The molecule has 1 heterocycles. The number of nitriles is 1. The van der Waals surface area contributed by atoms with Gasteiger partial charge in [-0.1, -0.05) is 30.3 Å². The van der Waals surface area contributed by atoms with E-state index in [1.165, 1.54) is 12.5 Å². The minimum absolute atomic E-state index is 0.0689. The Morgan fingerprint density at radius 3 is 2.79 bits per heavy atom. The van der Waals surface area contributed by atoms with Crippen molar-refractivity contribution >= 4 is 34.1 Å². The summed E-state index contributed by atoms with van der Waals surface area (Å²) in [7, 11) is 0. The maximum absolute atomic E-state index is 12.7. The first-order valence-electron chi connectivity index (χ1n) is 10.1. The van der Waals surface area contributed by atoms with Crippen LogP contribution >= 0.6 is 15.9 Å². The second-order valence-corrected chi connectivity index (χ2v) is 7.76. The number of carbonyl (C=O) groups excluding carboxylic acids is 2. The van der Waals surface area contributed by atoms with Crippen LogP contribution in [0.25, 0.3) is 0 Å². The van der Waals surface area contributed by atoms with Gasteiger partial charge >= 0.3 is 6.09 Å². The fraction of sp³-hybridized carbons (Fsp3) is 0.174. The Balaban J connectivity index is 1.59. The predicted molar refractivity (Wildman–Crippen MR) is 127 cm³/mol. The van der Waals surface area contributed by atoms with Crippen LogP contribution in [0.15, 0.2) is 70.6 Å². The zero-order chi connectivity index (χ0) is 24.2. The number of amides is 2. The molecule has 174 valence electrons. The molecule has 0 bridgehead atoms. The lowest BCUT2D eigenvalue weighted by atomic mass is 10.1. The van der Waals surface area contributed by atoms with Crippen molar-refractivity contribution in [3.05, 3.63) is 82.3 Å². The molecular weight excluding hydrogens is 504 g/mol. The third-order valence-corrected chi connectivity index (χ3v) is 5.06. The number of benzene rings is 2. The Morgan fingerprint density at radius 1 is 1.26 bits per heavy atom. The summed E-state index contributed by atoms with van der Waals surface area (Å²) in [6.45, 7) is 0.00672. The van der Waals surface area contributed by atoms with Crippen LogP contribution in [-0.2, 0) is 22.6 Å². The van der Waals surface area contributed by atoms with Crippen molar-refractivity contribution in [3.8, 4) is 11.8 Å². The van der Waals surface area contributed by atoms with Gasteiger partial charge in [-0.3, -0.25) is 4.79 Å². The van der Waals surface area contributed by atoms with Crippen molar-refractivity contribution in [2.75, 3.05) is 6.61 Å². The molecule has 3 rings (SSSR count). The first kappa shape index (κ1) is 24.5. The summed E-state index contributed by atoms with van der Waals surface area (Å²) in [5.74, 6) is -0.0175. The number of aromatic nitrogens is 2. The first-order valence-corrected chi connectivity index (χ1v) is 10.9. The van der Waals surface area contributed by atoms with Gasteiger partial charge in [0.1, 0.15) is 24.5 Å². The molecule has 0 saturated heterocycles. The summed E-state index contributed by atoms with van der Waals surface area (Å²) in [5.41, 5.74) is 4.59. The van der Waals surface area contributed by atoms with Crippen LogP contribution in [0.5, 0.6) is 5.75 Å². The van der Waals surface area contributed by atoms with Crippen molar-refractivity contribution in [3.63, 3.8) is 0 Å². The lowest BCUT2D eigenvalue weighted by Gasteiger charge is -2.16. The Kier molecular flexibility index (Phi) is 9.19. The topological polar surface area (TPSA) is 141 Å². The molecule has 1 atom stereocenters. The molecule has 1 aromatic heterocycles. The molecule has 0 aliphatic rings. The number of nitrogens with zero attached hydrogens (tertiary/aromatic N) is 3. The highest BCUT2D eigenvalue weighted by atomic mass is 79.9. The molecule has 3 N–H and O–H groups in total. The van der Waals surface area contributed by atoms with Crippen LogP contribution in [0.2, 0.25) is 0 Å². The van der Waals surface area contributed by atoms with Crippen molar-refractivity contribution in [2.45, 2.75) is 19.1 Å². The minimum Gasteiger partial charge on any atom is -0.478 e. The van der Waals surface area contributed by atoms with Gasteiger partial charge in [-0.15, -0.1) is 0 Å². The number of nitrogens with one attached hydrogen (secondary N) is 3. The van der Waals surface area contributed by atoms with Crippen LogP contribution in [0, 0.1) is 11.3 Å². The van der Waals surface area contributed by atoms with Crippen LogP contribution in [0.3, 0.4) is 0 Å². The van der Waals surface area contributed by atoms with Crippen LogP contribution in [0.1, 0.15) is 16.8 Å². The van der Waals surface area contributed by atoms with Crippen molar-refractivity contribution < 1.29 is 19.1 Å². The maximum atomic E-state index is 12.7. The fourth-order valence-corrected chi connectivity index (χ4v) is 3.32. The number of alkyl carbamates (subject to hydrolysis) is 1.